The highest BCUT2D eigenvalue weighted by Crippen LogP contribution is 2.50. The fourth-order valence-corrected chi connectivity index (χ4v) is 6.35. The molecule has 0 heterocycles. The lowest BCUT2D eigenvalue weighted by atomic mass is 10.1. The third kappa shape index (κ3) is 12.5. The Morgan fingerprint density at radius 1 is 0.673 bits per heavy atom. The number of nitrogens with one attached hydrogen (secondary N) is 2. The van der Waals surface area contributed by atoms with Crippen LogP contribution in [-0.4, -0.2) is 34.8 Å². The average Bonchev–Trinajstić information content (AvgIpc) is 3.08. The van der Waals surface area contributed by atoms with Gasteiger partial charge >= 0.3 is 15.6 Å². The van der Waals surface area contributed by atoms with Crippen molar-refractivity contribution in [1.82, 2.24) is 0 Å². The van der Waals surface area contributed by atoms with Crippen LogP contribution in [0.2, 0.25) is 20.1 Å². The summed E-state index contributed by atoms with van der Waals surface area (Å²) in [7, 11) is -8.77. The first-order valence-corrected chi connectivity index (χ1v) is 19.0. The van der Waals surface area contributed by atoms with Gasteiger partial charge in [0.1, 0.15) is 11.5 Å². The van der Waals surface area contributed by atoms with Crippen molar-refractivity contribution in [3.05, 3.63) is 115 Å². The van der Waals surface area contributed by atoms with Crippen molar-refractivity contribution < 1.29 is 46.6 Å². The second-order valence-electron chi connectivity index (χ2n) is 9.76. The predicted molar refractivity (Wildman–Crippen MR) is 195 cm³/mol. The number of rotatable bonds is 12. The van der Waals surface area contributed by atoms with Crippen LogP contribution in [0.25, 0.3) is 0 Å². The number of amides is 2. The number of carbonyl (C=O) groups is 2. The Morgan fingerprint density at radius 3 is 1.42 bits per heavy atom. The van der Waals surface area contributed by atoms with E-state index in [0.717, 1.165) is 6.07 Å². The van der Waals surface area contributed by atoms with Crippen molar-refractivity contribution in [2.75, 3.05) is 23.8 Å². The Labute approximate surface area is 317 Å². The molecule has 0 atom stereocenters. The van der Waals surface area contributed by atoms with Crippen LogP contribution in [-0.2, 0) is 18.2 Å². The summed E-state index contributed by atoms with van der Waals surface area (Å²) in [5, 5.41) is 23.5. The fraction of sp³-hybridized carbons (Fsp3) is 0.125. The van der Waals surface area contributed by atoms with Gasteiger partial charge in [-0.15, -0.1) is 0 Å². The second kappa shape index (κ2) is 19.1. The molecule has 0 aliphatic heterocycles. The molecule has 4 aromatic rings. The van der Waals surface area contributed by atoms with E-state index in [1.54, 1.807) is 13.8 Å². The number of hydrogen-bond donors (Lipinski definition) is 4. The molecule has 0 radical (unpaired) electrons. The van der Waals surface area contributed by atoms with Gasteiger partial charge in [-0.2, -0.15) is 10.5 Å². The van der Waals surface area contributed by atoms with Crippen LogP contribution in [0, 0.1) is 22.7 Å². The van der Waals surface area contributed by atoms with Crippen molar-refractivity contribution in [3.8, 4) is 23.6 Å². The lowest BCUT2D eigenvalue weighted by Gasteiger charge is -2.19. The van der Waals surface area contributed by atoms with Crippen LogP contribution < -0.4 is 19.7 Å². The SMILES string of the molecule is CCOP(=O)(OCC)Oc1ccc(Cl)cc1C(=O)Nc1ccc(C#N)cc1Cl.N#Cc1ccc(NC(=O)c2cc(Cl)ccc2OP(=O)(O)O)c(Cl)c1. The molecule has 0 unspecified atom stereocenters. The largest absolute Gasteiger partial charge is 0.530 e. The standard InChI is InChI=1S/C18H17Cl2N2O5P.C14H9Cl2N2O5P/c1-3-25-28(24,26-4-2)27-17-8-6-13(19)10-14(17)18(23)22-16-7-5-12(11-21)9-15(16)20;15-9-2-4-13(23-24(20,21)22)10(6-9)14(19)18-12-3-1-8(7-17)5-11(12)16/h5-10H,3-4H2,1-2H3,(H,22,23);1-6H,(H,18,19)(H2,20,21,22). The van der Waals surface area contributed by atoms with Crippen molar-refractivity contribution in [2.24, 2.45) is 0 Å². The molecule has 4 N–H and O–H groups in total. The van der Waals surface area contributed by atoms with E-state index in [4.69, 9.17) is 80.3 Å². The molecule has 0 aliphatic carbocycles. The van der Waals surface area contributed by atoms with Crippen LogP contribution in [0.4, 0.5) is 11.4 Å². The van der Waals surface area contributed by atoms with E-state index in [1.807, 2.05) is 12.1 Å². The summed E-state index contributed by atoms with van der Waals surface area (Å²) in [6.45, 7) is 3.45. The first-order chi connectivity index (χ1) is 24.5. The molecule has 0 aliphatic rings. The summed E-state index contributed by atoms with van der Waals surface area (Å²) in [5.74, 6) is -1.72. The number of carbonyl (C=O) groups excluding carboxylic acids is 2. The van der Waals surface area contributed by atoms with Crippen molar-refractivity contribution in [3.63, 3.8) is 0 Å². The number of halogens is 4. The zero-order valence-electron chi connectivity index (χ0n) is 26.8. The molecule has 14 nitrogen and oxygen atoms in total. The second-order valence-corrected chi connectivity index (χ2v) is 14.2. The van der Waals surface area contributed by atoms with Gasteiger partial charge in [0.05, 0.1) is 69.0 Å². The Morgan fingerprint density at radius 2 is 1.08 bits per heavy atom. The van der Waals surface area contributed by atoms with Gasteiger partial charge in [-0.1, -0.05) is 46.4 Å². The van der Waals surface area contributed by atoms with E-state index >= 15 is 0 Å². The Hall–Kier alpha value is -4.14. The topological polar surface area (TPSA) is 217 Å². The molecular weight excluding hydrogens is 804 g/mol. The summed E-state index contributed by atoms with van der Waals surface area (Å²) >= 11 is 23.9. The molecule has 0 fully saturated rings. The molecule has 52 heavy (non-hydrogen) atoms. The van der Waals surface area contributed by atoms with Gasteiger partial charge in [0.25, 0.3) is 11.8 Å². The summed E-state index contributed by atoms with van der Waals surface area (Å²) in [4.78, 5) is 42.9. The fourth-order valence-electron chi connectivity index (χ4n) is 3.92. The smallest absolute Gasteiger partial charge is 0.403 e. The maximum Gasteiger partial charge on any atom is 0.530 e. The summed E-state index contributed by atoms with van der Waals surface area (Å²) in [6, 6.07) is 20.4. The van der Waals surface area contributed by atoms with Gasteiger partial charge in [0.2, 0.25) is 0 Å². The van der Waals surface area contributed by atoms with Gasteiger partial charge in [-0.3, -0.25) is 28.4 Å². The van der Waals surface area contributed by atoms with Crippen LogP contribution in [0.3, 0.4) is 0 Å². The molecule has 0 spiro atoms. The Kier molecular flexibility index (Phi) is 15.5. The molecular formula is C32H26Cl4N4O10P2. The maximum atomic E-state index is 12.8. The first kappa shape index (κ1) is 42.3. The maximum absolute atomic E-state index is 12.8. The van der Waals surface area contributed by atoms with E-state index in [-0.39, 0.29) is 67.3 Å². The molecule has 4 rings (SSSR count). The molecule has 0 saturated carbocycles. The molecule has 272 valence electrons. The van der Waals surface area contributed by atoms with Crippen LogP contribution in [0.15, 0.2) is 72.8 Å². The van der Waals surface area contributed by atoms with E-state index in [2.05, 4.69) is 15.2 Å². The first-order valence-electron chi connectivity index (χ1n) is 14.5. The van der Waals surface area contributed by atoms with E-state index < -0.39 is 27.5 Å². The molecule has 4 aromatic carbocycles. The van der Waals surface area contributed by atoms with E-state index in [0.29, 0.717) is 11.1 Å². The highest BCUT2D eigenvalue weighted by molar-refractivity contribution is 7.49. The van der Waals surface area contributed by atoms with Gasteiger partial charge in [-0.25, -0.2) is 9.13 Å². The monoisotopic (exact) mass is 828 g/mol. The van der Waals surface area contributed by atoms with Crippen molar-refractivity contribution in [2.45, 2.75) is 13.8 Å². The Balaban J connectivity index is 0.000000284. The third-order valence-electron chi connectivity index (χ3n) is 6.07. The quantitative estimate of drug-likeness (QED) is 0.0983. The molecule has 20 heteroatoms. The minimum absolute atomic E-state index is 0.00700. The van der Waals surface area contributed by atoms with Gasteiger partial charge < -0.3 is 19.7 Å². The number of hydrogen-bond acceptors (Lipinski definition) is 10. The summed E-state index contributed by atoms with van der Waals surface area (Å²) < 4.78 is 43.7. The number of benzene rings is 4. The number of nitrogens with zero attached hydrogens (tertiary/aromatic N) is 2. The molecule has 2 amide bonds. The Bertz CT molecular complexity index is 2140. The zero-order chi connectivity index (χ0) is 38.6. The lowest BCUT2D eigenvalue weighted by Crippen LogP contribution is -2.14. The third-order valence-corrected chi connectivity index (χ3v) is 9.17. The van der Waals surface area contributed by atoms with Gasteiger partial charge in [-0.05, 0) is 86.6 Å². The molecule has 0 saturated heterocycles. The van der Waals surface area contributed by atoms with Crippen LogP contribution in [0.1, 0.15) is 45.7 Å². The van der Waals surface area contributed by atoms with E-state index in [9.17, 15) is 18.7 Å². The van der Waals surface area contributed by atoms with E-state index in [1.165, 1.54) is 66.7 Å². The number of nitriles is 2. The summed E-state index contributed by atoms with van der Waals surface area (Å²) in [6.07, 6.45) is 0. The normalized spacial score (nSPS) is 10.9. The molecule has 0 aromatic heterocycles. The number of anilines is 2. The zero-order valence-corrected chi connectivity index (χ0v) is 31.6. The van der Waals surface area contributed by atoms with Crippen LogP contribution >= 0.6 is 62.0 Å². The van der Waals surface area contributed by atoms with Gasteiger partial charge in [0.15, 0.2) is 0 Å². The highest BCUT2D eigenvalue weighted by Gasteiger charge is 2.30. The van der Waals surface area contributed by atoms with Gasteiger partial charge in [0, 0.05) is 10.0 Å². The lowest BCUT2D eigenvalue weighted by molar-refractivity contribution is 0.101. The predicted octanol–water partition coefficient (Wildman–Crippen LogP) is 9.27. The van der Waals surface area contributed by atoms with Crippen molar-refractivity contribution >= 4 is 85.2 Å². The molecule has 0 bridgehead atoms. The average molecular weight is 830 g/mol. The minimum atomic E-state index is -4.86. The number of phosphoric acid groups is 2. The highest BCUT2D eigenvalue weighted by atomic mass is 35.5. The minimum Gasteiger partial charge on any atom is -0.403 e. The van der Waals surface area contributed by atoms with Crippen molar-refractivity contribution in [1.29, 1.82) is 10.5 Å². The number of phosphoric ester groups is 2. The van der Waals surface area contributed by atoms with Crippen LogP contribution in [0.5, 0.6) is 11.5 Å². The summed E-state index contributed by atoms with van der Waals surface area (Å²) in [5.41, 5.74) is 0.978.